The Kier molecular flexibility index (Phi) is 4.79. The Morgan fingerprint density at radius 3 is 2.75 bits per heavy atom. The van der Waals surface area contributed by atoms with Gasteiger partial charge in [-0.15, -0.1) is 0 Å². The normalized spacial score (nSPS) is 17.4. The van der Waals surface area contributed by atoms with Crippen molar-refractivity contribution in [2.24, 2.45) is 0 Å². The van der Waals surface area contributed by atoms with E-state index in [0.717, 1.165) is 66.9 Å². The zero-order valence-electron chi connectivity index (χ0n) is 18.0. The van der Waals surface area contributed by atoms with Gasteiger partial charge in [0.15, 0.2) is 5.58 Å². The van der Waals surface area contributed by atoms with E-state index in [1.165, 1.54) is 12.8 Å². The van der Waals surface area contributed by atoms with Gasteiger partial charge < -0.3 is 20.4 Å². The topological polar surface area (TPSA) is 98.0 Å². The van der Waals surface area contributed by atoms with Crippen molar-refractivity contribution in [2.75, 3.05) is 36.8 Å². The van der Waals surface area contributed by atoms with Crippen LogP contribution in [0, 0.1) is 0 Å². The molecule has 3 N–H and O–H groups in total. The number of pyridine rings is 1. The maximum absolute atomic E-state index is 6.27. The SMILES string of the molecule is Nc1ncc(-c2cnn(C3CCNCC3)c2)cc1-c1nc2cccc(N3CCCC3)c2o1. The summed E-state index contributed by atoms with van der Waals surface area (Å²) < 4.78 is 8.35. The fourth-order valence-corrected chi connectivity index (χ4v) is 4.82. The summed E-state index contributed by atoms with van der Waals surface area (Å²) in [6.07, 6.45) is 10.4. The number of anilines is 2. The molecule has 4 aromatic rings. The van der Waals surface area contributed by atoms with Crippen LogP contribution in [-0.4, -0.2) is 45.9 Å². The second kappa shape index (κ2) is 7.94. The van der Waals surface area contributed by atoms with E-state index < -0.39 is 0 Å². The smallest absolute Gasteiger partial charge is 0.231 e. The summed E-state index contributed by atoms with van der Waals surface area (Å²) in [4.78, 5) is 11.6. The van der Waals surface area contributed by atoms with Crippen LogP contribution in [0.4, 0.5) is 11.5 Å². The highest BCUT2D eigenvalue weighted by Gasteiger charge is 2.21. The predicted molar refractivity (Wildman–Crippen MR) is 125 cm³/mol. The summed E-state index contributed by atoms with van der Waals surface area (Å²) >= 11 is 0. The first kappa shape index (κ1) is 19.3. The fourth-order valence-electron chi connectivity index (χ4n) is 4.82. The van der Waals surface area contributed by atoms with Crippen LogP contribution < -0.4 is 16.0 Å². The van der Waals surface area contributed by atoms with E-state index in [2.05, 4.69) is 37.2 Å². The van der Waals surface area contributed by atoms with Gasteiger partial charge in [0.1, 0.15) is 11.3 Å². The van der Waals surface area contributed by atoms with Crippen molar-refractivity contribution in [3.63, 3.8) is 0 Å². The fraction of sp³-hybridized carbons (Fsp3) is 0.375. The van der Waals surface area contributed by atoms with E-state index in [1.54, 1.807) is 6.20 Å². The van der Waals surface area contributed by atoms with Crippen molar-refractivity contribution >= 4 is 22.6 Å². The Morgan fingerprint density at radius 1 is 1.06 bits per heavy atom. The lowest BCUT2D eigenvalue weighted by Gasteiger charge is -2.22. The van der Waals surface area contributed by atoms with Crippen molar-refractivity contribution in [2.45, 2.75) is 31.7 Å². The van der Waals surface area contributed by atoms with Crippen LogP contribution in [-0.2, 0) is 0 Å². The molecule has 0 bridgehead atoms. The highest BCUT2D eigenvalue weighted by atomic mass is 16.3. The molecule has 2 aliphatic heterocycles. The third-order valence-electron chi connectivity index (χ3n) is 6.61. The predicted octanol–water partition coefficient (Wildman–Crippen LogP) is 3.86. The average molecular weight is 430 g/mol. The van der Waals surface area contributed by atoms with E-state index >= 15 is 0 Å². The summed E-state index contributed by atoms with van der Waals surface area (Å²) in [5.41, 5.74) is 11.7. The third-order valence-corrected chi connectivity index (χ3v) is 6.61. The van der Waals surface area contributed by atoms with Crippen molar-refractivity contribution < 1.29 is 4.42 Å². The maximum Gasteiger partial charge on any atom is 0.231 e. The van der Waals surface area contributed by atoms with Crippen LogP contribution in [0.3, 0.4) is 0 Å². The number of rotatable bonds is 4. The molecule has 2 saturated heterocycles. The largest absolute Gasteiger partial charge is 0.434 e. The quantitative estimate of drug-likeness (QED) is 0.508. The Labute approximate surface area is 186 Å². The second-order valence-corrected chi connectivity index (χ2v) is 8.69. The first-order chi connectivity index (χ1) is 15.8. The zero-order valence-corrected chi connectivity index (χ0v) is 18.0. The standard InChI is InChI=1S/C24H27N7O/c25-23-19(24-29-20-4-3-5-21(22(20)32-24)30-10-1-2-11-30)12-16(13-27-23)17-14-28-31(15-17)18-6-8-26-9-7-18/h3-5,12-15,18,26H,1-2,6-11H2,(H2,25,27). The summed E-state index contributed by atoms with van der Waals surface area (Å²) in [5, 5.41) is 8.02. The molecule has 5 heterocycles. The number of nitrogens with two attached hydrogens (primary N) is 1. The highest BCUT2D eigenvalue weighted by Crippen LogP contribution is 2.35. The minimum Gasteiger partial charge on any atom is -0.434 e. The van der Waals surface area contributed by atoms with Gasteiger partial charge in [-0.2, -0.15) is 5.10 Å². The van der Waals surface area contributed by atoms with Crippen LogP contribution >= 0.6 is 0 Å². The molecule has 2 aliphatic rings. The Bertz CT molecular complexity index is 1250. The molecule has 0 radical (unpaired) electrons. The minimum absolute atomic E-state index is 0.411. The second-order valence-electron chi connectivity index (χ2n) is 8.69. The number of oxazole rings is 1. The minimum atomic E-state index is 0.411. The number of piperidine rings is 1. The molecule has 0 spiro atoms. The van der Waals surface area contributed by atoms with Gasteiger partial charge in [0, 0.05) is 36.6 Å². The number of fused-ring (bicyclic) bond motifs is 1. The molecule has 164 valence electrons. The summed E-state index contributed by atoms with van der Waals surface area (Å²) in [5.74, 6) is 0.915. The maximum atomic E-state index is 6.27. The average Bonchev–Trinajstić information content (AvgIpc) is 3.60. The number of nitrogens with zero attached hydrogens (tertiary/aromatic N) is 5. The zero-order chi connectivity index (χ0) is 21.5. The van der Waals surface area contributed by atoms with Gasteiger partial charge in [-0.05, 0) is 57.0 Å². The summed E-state index contributed by atoms with van der Waals surface area (Å²) in [7, 11) is 0. The molecular formula is C24H27N7O. The number of nitrogen functional groups attached to an aromatic ring is 1. The third kappa shape index (κ3) is 3.40. The van der Waals surface area contributed by atoms with Gasteiger partial charge in [-0.25, -0.2) is 9.97 Å². The van der Waals surface area contributed by atoms with Gasteiger partial charge in [-0.1, -0.05) is 6.07 Å². The number of aromatic nitrogens is 4. The molecule has 0 atom stereocenters. The van der Waals surface area contributed by atoms with E-state index in [9.17, 15) is 0 Å². The van der Waals surface area contributed by atoms with Crippen molar-refractivity contribution in [1.29, 1.82) is 0 Å². The molecule has 8 heteroatoms. The Balaban J connectivity index is 1.36. The monoisotopic (exact) mass is 429 g/mol. The Morgan fingerprint density at radius 2 is 1.91 bits per heavy atom. The van der Waals surface area contributed by atoms with E-state index in [-0.39, 0.29) is 0 Å². The lowest BCUT2D eigenvalue weighted by molar-refractivity contribution is 0.343. The molecule has 8 nitrogen and oxygen atoms in total. The van der Waals surface area contributed by atoms with E-state index in [4.69, 9.17) is 15.1 Å². The van der Waals surface area contributed by atoms with Gasteiger partial charge >= 0.3 is 0 Å². The molecule has 32 heavy (non-hydrogen) atoms. The van der Waals surface area contributed by atoms with Gasteiger partial charge in [-0.3, -0.25) is 4.68 Å². The molecule has 3 aromatic heterocycles. The number of benzene rings is 1. The number of hydrogen-bond acceptors (Lipinski definition) is 7. The molecule has 0 unspecified atom stereocenters. The summed E-state index contributed by atoms with van der Waals surface area (Å²) in [6, 6.07) is 8.57. The molecule has 1 aromatic carbocycles. The Hall–Kier alpha value is -3.39. The van der Waals surface area contributed by atoms with Crippen LogP contribution in [0.2, 0.25) is 0 Å². The lowest BCUT2D eigenvalue weighted by Crippen LogP contribution is -2.29. The molecule has 0 amide bonds. The molecule has 0 saturated carbocycles. The van der Waals surface area contributed by atoms with Crippen molar-refractivity contribution in [3.8, 4) is 22.6 Å². The number of nitrogens with one attached hydrogen (secondary N) is 1. The van der Waals surface area contributed by atoms with E-state index in [1.807, 2.05) is 24.4 Å². The summed E-state index contributed by atoms with van der Waals surface area (Å²) in [6.45, 7) is 4.17. The number of hydrogen-bond donors (Lipinski definition) is 2. The van der Waals surface area contributed by atoms with Crippen LogP contribution in [0.25, 0.3) is 33.7 Å². The first-order valence-electron chi connectivity index (χ1n) is 11.4. The van der Waals surface area contributed by atoms with Gasteiger partial charge in [0.05, 0.1) is 23.5 Å². The number of para-hydroxylation sites is 1. The van der Waals surface area contributed by atoms with Crippen LogP contribution in [0.15, 0.2) is 47.3 Å². The van der Waals surface area contributed by atoms with Gasteiger partial charge in [0.2, 0.25) is 5.89 Å². The van der Waals surface area contributed by atoms with Crippen LogP contribution in [0.1, 0.15) is 31.7 Å². The highest BCUT2D eigenvalue weighted by molar-refractivity contribution is 5.89. The van der Waals surface area contributed by atoms with Gasteiger partial charge in [0.25, 0.3) is 0 Å². The van der Waals surface area contributed by atoms with Crippen molar-refractivity contribution in [3.05, 3.63) is 42.9 Å². The molecule has 0 aliphatic carbocycles. The molecule has 2 fully saturated rings. The molecular weight excluding hydrogens is 402 g/mol. The van der Waals surface area contributed by atoms with E-state index in [0.29, 0.717) is 23.3 Å². The molecule has 6 rings (SSSR count). The lowest BCUT2D eigenvalue weighted by atomic mass is 10.1. The first-order valence-corrected chi connectivity index (χ1v) is 11.4. The van der Waals surface area contributed by atoms with Crippen molar-refractivity contribution in [1.82, 2.24) is 25.1 Å². The van der Waals surface area contributed by atoms with Crippen LogP contribution in [0.5, 0.6) is 0 Å².